The molecule has 1 unspecified atom stereocenters. The van der Waals surface area contributed by atoms with Gasteiger partial charge in [0.25, 0.3) is 5.97 Å². The Morgan fingerprint density at radius 1 is 0.769 bits per heavy atom. The van der Waals surface area contributed by atoms with Gasteiger partial charge in [0, 0.05) is 20.8 Å². The molecule has 0 aliphatic rings. The number of aliphatic hydroxyl groups is 4. The SMILES string of the molecule is CCOC(O)(CC)C(CO)(CO)C(O)(OC)OC.OP(O)O.OP(O)O. The number of hydrogen-bond acceptors (Lipinski definition) is 13. The van der Waals surface area contributed by atoms with Crippen molar-refractivity contribution in [1.82, 2.24) is 0 Å². The highest BCUT2D eigenvalue weighted by molar-refractivity contribution is 7.38. The first-order chi connectivity index (χ1) is 11.8. The summed E-state index contributed by atoms with van der Waals surface area (Å²) in [6, 6.07) is 0. The quantitative estimate of drug-likeness (QED) is 0.133. The van der Waals surface area contributed by atoms with E-state index in [1.807, 2.05) is 0 Å². The fourth-order valence-electron chi connectivity index (χ4n) is 2.04. The lowest BCUT2D eigenvalue weighted by molar-refractivity contribution is -0.462. The second kappa shape index (κ2) is 15.3. The van der Waals surface area contributed by atoms with Gasteiger partial charge in [-0.25, -0.2) is 0 Å². The van der Waals surface area contributed by atoms with Gasteiger partial charge in [-0.3, -0.25) is 0 Å². The van der Waals surface area contributed by atoms with Crippen molar-refractivity contribution in [3.63, 3.8) is 0 Å². The summed E-state index contributed by atoms with van der Waals surface area (Å²) in [4.78, 5) is 43.4. The fourth-order valence-corrected chi connectivity index (χ4v) is 2.04. The van der Waals surface area contributed by atoms with Crippen LogP contribution in [-0.4, -0.2) is 95.6 Å². The van der Waals surface area contributed by atoms with Crippen molar-refractivity contribution in [3.05, 3.63) is 0 Å². The Kier molecular flexibility index (Phi) is 18.3. The average Bonchev–Trinajstić information content (AvgIpc) is 2.55. The maximum Gasteiger partial charge on any atom is 0.324 e. The molecule has 0 saturated carbocycles. The van der Waals surface area contributed by atoms with E-state index in [0.717, 1.165) is 14.2 Å². The minimum atomic E-state index is -2.62. The van der Waals surface area contributed by atoms with Crippen molar-refractivity contribution < 1.29 is 64.0 Å². The highest BCUT2D eigenvalue weighted by Crippen LogP contribution is 2.44. The Balaban J connectivity index is -0.000000551. The number of ether oxygens (including phenoxy) is 3. The normalized spacial score (nSPS) is 14.3. The first kappa shape index (κ1) is 31.0. The van der Waals surface area contributed by atoms with Gasteiger partial charge in [-0.05, 0) is 13.3 Å². The minimum Gasteiger partial charge on any atom is -0.395 e. The highest BCUT2D eigenvalue weighted by atomic mass is 31.2. The highest BCUT2D eigenvalue weighted by Gasteiger charge is 2.64. The summed E-state index contributed by atoms with van der Waals surface area (Å²) >= 11 is 0. The molecule has 26 heavy (non-hydrogen) atoms. The first-order valence-corrected chi connectivity index (χ1v) is 9.37. The lowest BCUT2D eigenvalue weighted by atomic mass is 9.76. The van der Waals surface area contributed by atoms with E-state index in [0.29, 0.717) is 0 Å². The molecule has 0 amide bonds. The van der Waals surface area contributed by atoms with Crippen LogP contribution in [0.3, 0.4) is 0 Å². The zero-order chi connectivity index (χ0) is 21.6. The summed E-state index contributed by atoms with van der Waals surface area (Å²) in [5, 5.41) is 39.8. The molecule has 10 N–H and O–H groups in total. The van der Waals surface area contributed by atoms with Crippen LogP contribution < -0.4 is 0 Å². The number of rotatable bonds is 9. The first-order valence-electron chi connectivity index (χ1n) is 6.97. The molecule has 1 atom stereocenters. The van der Waals surface area contributed by atoms with E-state index >= 15 is 0 Å². The monoisotopic (exact) mass is 432 g/mol. The zero-order valence-corrected chi connectivity index (χ0v) is 16.7. The molecule has 0 aromatic carbocycles. The molecular formula is C11H30O13P2. The zero-order valence-electron chi connectivity index (χ0n) is 14.9. The maximum atomic E-state index is 10.5. The topological polar surface area (TPSA) is 230 Å². The van der Waals surface area contributed by atoms with Gasteiger partial charge in [0.15, 0.2) is 11.2 Å². The van der Waals surface area contributed by atoms with Crippen LogP contribution in [0.4, 0.5) is 0 Å². The minimum absolute atomic E-state index is 0.0109. The lowest BCUT2D eigenvalue weighted by Crippen LogP contribution is -2.68. The molecular weight excluding hydrogens is 402 g/mol. The average molecular weight is 432 g/mol. The Morgan fingerprint density at radius 3 is 1.23 bits per heavy atom. The number of methoxy groups -OCH3 is 2. The predicted molar refractivity (Wildman–Crippen MR) is 89.6 cm³/mol. The third kappa shape index (κ3) is 9.51. The van der Waals surface area contributed by atoms with E-state index in [2.05, 4.69) is 0 Å². The van der Waals surface area contributed by atoms with Gasteiger partial charge in [-0.15, -0.1) is 0 Å². The molecule has 13 nitrogen and oxygen atoms in total. The van der Waals surface area contributed by atoms with E-state index in [9.17, 15) is 20.4 Å². The number of hydrogen-bond donors (Lipinski definition) is 10. The Morgan fingerprint density at radius 2 is 1.08 bits per heavy atom. The third-order valence-electron chi connectivity index (χ3n) is 3.31. The van der Waals surface area contributed by atoms with Crippen LogP contribution in [0.1, 0.15) is 20.3 Å². The molecule has 0 aliphatic heterocycles. The summed E-state index contributed by atoms with van der Waals surface area (Å²) in [6.07, 6.45) is 0.0109. The van der Waals surface area contributed by atoms with Crippen molar-refractivity contribution in [3.8, 4) is 0 Å². The van der Waals surface area contributed by atoms with Crippen LogP contribution >= 0.6 is 17.2 Å². The smallest absolute Gasteiger partial charge is 0.324 e. The lowest BCUT2D eigenvalue weighted by Gasteiger charge is -2.50. The van der Waals surface area contributed by atoms with E-state index in [1.54, 1.807) is 13.8 Å². The summed E-state index contributed by atoms with van der Waals surface area (Å²) in [5.41, 5.74) is -1.95. The van der Waals surface area contributed by atoms with Gasteiger partial charge >= 0.3 is 17.2 Å². The molecule has 162 valence electrons. The summed E-state index contributed by atoms with van der Waals surface area (Å²) in [6.45, 7) is 1.74. The fraction of sp³-hybridized carbons (Fsp3) is 1.00. The van der Waals surface area contributed by atoms with Crippen LogP contribution in [0.25, 0.3) is 0 Å². The van der Waals surface area contributed by atoms with Gasteiger partial charge in [0.05, 0.1) is 13.2 Å². The van der Waals surface area contributed by atoms with Crippen LogP contribution in [0, 0.1) is 5.41 Å². The van der Waals surface area contributed by atoms with E-state index < -0.39 is 47.6 Å². The van der Waals surface area contributed by atoms with E-state index in [4.69, 9.17) is 43.6 Å². The largest absolute Gasteiger partial charge is 0.395 e. The molecule has 0 aromatic rings. The Hall–Kier alpha value is 0.340. The molecule has 15 heteroatoms. The molecule has 0 aromatic heterocycles. The summed E-state index contributed by atoms with van der Waals surface area (Å²) in [5.74, 6) is -4.40. The Bertz CT molecular complexity index is 314. The van der Waals surface area contributed by atoms with Gasteiger partial charge in [0.2, 0.25) is 0 Å². The number of aliphatic hydroxyl groups excluding tert-OH is 2. The van der Waals surface area contributed by atoms with E-state index in [-0.39, 0.29) is 13.0 Å². The van der Waals surface area contributed by atoms with Gasteiger partial charge in [0.1, 0.15) is 0 Å². The van der Waals surface area contributed by atoms with Crippen LogP contribution in [0.15, 0.2) is 0 Å². The predicted octanol–water partition coefficient (Wildman–Crippen LogP) is -2.59. The van der Waals surface area contributed by atoms with Crippen molar-refractivity contribution in [1.29, 1.82) is 0 Å². The molecule has 0 radical (unpaired) electrons. The molecule has 0 spiro atoms. The van der Waals surface area contributed by atoms with Gasteiger partial charge in [-0.1, -0.05) is 6.92 Å². The Labute approximate surface area is 153 Å². The van der Waals surface area contributed by atoms with Crippen LogP contribution in [0.2, 0.25) is 0 Å². The maximum absolute atomic E-state index is 10.5. The summed E-state index contributed by atoms with van der Waals surface area (Å²) in [7, 11) is -2.98. The van der Waals surface area contributed by atoms with Gasteiger partial charge in [-0.2, -0.15) is 0 Å². The second-order valence-electron chi connectivity index (χ2n) is 4.50. The molecule has 0 saturated heterocycles. The molecule has 0 aliphatic carbocycles. The van der Waals surface area contributed by atoms with Crippen molar-refractivity contribution in [2.45, 2.75) is 32.0 Å². The van der Waals surface area contributed by atoms with E-state index in [1.165, 1.54) is 0 Å². The molecule has 0 heterocycles. The summed E-state index contributed by atoms with van der Waals surface area (Å²) < 4.78 is 14.8. The van der Waals surface area contributed by atoms with Crippen molar-refractivity contribution in [2.24, 2.45) is 5.41 Å². The molecule has 0 bridgehead atoms. The second-order valence-corrected chi connectivity index (χ2v) is 5.57. The van der Waals surface area contributed by atoms with Crippen molar-refractivity contribution >= 4 is 17.2 Å². The molecule has 0 fully saturated rings. The standard InChI is InChI=1S/C11H24O7.2H3O3P/c1-5-10(14,18-6-2)9(7-12,8-13)11(15,16-3)17-4;2*1-4(2)3/h12-15H,5-8H2,1-4H3;2*1-3H. The third-order valence-corrected chi connectivity index (χ3v) is 3.31. The van der Waals surface area contributed by atoms with Gasteiger partial charge < -0.3 is 64.0 Å². The van der Waals surface area contributed by atoms with Crippen LogP contribution in [-0.2, 0) is 14.2 Å². The van der Waals surface area contributed by atoms with Crippen molar-refractivity contribution in [2.75, 3.05) is 34.0 Å². The molecule has 0 rings (SSSR count). The van der Waals surface area contributed by atoms with Crippen LogP contribution in [0.5, 0.6) is 0 Å².